The van der Waals surface area contributed by atoms with Crippen LogP contribution in [0.3, 0.4) is 0 Å². The third-order valence-electron chi connectivity index (χ3n) is 2.63. The number of nitro groups is 1. The Morgan fingerprint density at radius 1 is 1.50 bits per heavy atom. The van der Waals surface area contributed by atoms with E-state index >= 15 is 0 Å². The molecule has 20 heavy (non-hydrogen) atoms. The fourth-order valence-corrected chi connectivity index (χ4v) is 2.47. The van der Waals surface area contributed by atoms with Gasteiger partial charge in [-0.25, -0.2) is 4.98 Å². The van der Waals surface area contributed by atoms with Crippen LogP contribution in [0.1, 0.15) is 13.8 Å². The van der Waals surface area contributed by atoms with Crippen molar-refractivity contribution in [2.75, 3.05) is 12.4 Å². The molecule has 106 valence electrons. The number of hydrogen-bond acceptors (Lipinski definition) is 6. The summed E-state index contributed by atoms with van der Waals surface area (Å²) in [6.07, 6.45) is 0. The van der Waals surface area contributed by atoms with Crippen molar-refractivity contribution in [3.63, 3.8) is 0 Å². The van der Waals surface area contributed by atoms with Crippen molar-refractivity contribution in [3.8, 4) is 5.75 Å². The number of benzene rings is 1. The van der Waals surface area contributed by atoms with E-state index in [2.05, 4.69) is 10.3 Å². The van der Waals surface area contributed by atoms with Crippen LogP contribution in [0.25, 0.3) is 10.2 Å². The molecule has 8 heteroatoms. The van der Waals surface area contributed by atoms with Crippen molar-refractivity contribution in [2.24, 2.45) is 5.92 Å². The molecule has 2 rings (SSSR count). The highest BCUT2D eigenvalue weighted by atomic mass is 32.1. The quantitative estimate of drug-likeness (QED) is 0.691. The average molecular weight is 295 g/mol. The summed E-state index contributed by atoms with van der Waals surface area (Å²) in [5.74, 6) is -0.00809. The molecule has 0 spiro atoms. The maximum absolute atomic E-state index is 11.6. The molecule has 0 atom stereocenters. The molecule has 1 amide bonds. The molecule has 0 saturated carbocycles. The van der Waals surface area contributed by atoms with Gasteiger partial charge in [-0.15, -0.1) is 0 Å². The summed E-state index contributed by atoms with van der Waals surface area (Å²) in [5, 5.41) is 13.9. The maximum atomic E-state index is 11.6. The molecule has 0 aliphatic rings. The summed E-state index contributed by atoms with van der Waals surface area (Å²) in [7, 11) is 1.42. The number of amides is 1. The summed E-state index contributed by atoms with van der Waals surface area (Å²) in [4.78, 5) is 26.2. The smallest absolute Gasteiger partial charge is 0.274 e. The van der Waals surface area contributed by atoms with Crippen molar-refractivity contribution in [1.82, 2.24) is 4.98 Å². The van der Waals surface area contributed by atoms with Crippen molar-refractivity contribution in [2.45, 2.75) is 13.8 Å². The molecule has 0 unspecified atom stereocenters. The Balaban J connectivity index is 2.47. The van der Waals surface area contributed by atoms with Crippen molar-refractivity contribution < 1.29 is 14.5 Å². The van der Waals surface area contributed by atoms with Crippen LogP contribution in [0.15, 0.2) is 12.1 Å². The van der Waals surface area contributed by atoms with Gasteiger partial charge >= 0.3 is 0 Å². The fraction of sp³-hybridized carbons (Fsp3) is 0.333. The Morgan fingerprint density at radius 3 is 2.75 bits per heavy atom. The molecule has 0 saturated heterocycles. The first kappa shape index (κ1) is 14.2. The number of aromatic nitrogens is 1. The lowest BCUT2D eigenvalue weighted by Crippen LogP contribution is -2.17. The third kappa shape index (κ3) is 2.69. The van der Waals surface area contributed by atoms with Crippen LogP contribution in [0, 0.1) is 16.0 Å². The lowest BCUT2D eigenvalue weighted by molar-refractivity contribution is -0.384. The van der Waals surface area contributed by atoms with Crippen LogP contribution in [-0.4, -0.2) is 22.9 Å². The number of rotatable bonds is 4. The Bertz CT molecular complexity index is 681. The van der Waals surface area contributed by atoms with E-state index in [1.165, 1.54) is 30.6 Å². The number of methoxy groups -OCH3 is 1. The minimum absolute atomic E-state index is 0.0697. The molecule has 1 aromatic carbocycles. The number of nitrogens with zero attached hydrogens (tertiary/aromatic N) is 2. The number of carbonyl (C=O) groups excluding carboxylic acids is 1. The molecule has 0 aliphatic carbocycles. The first-order valence-corrected chi connectivity index (χ1v) is 6.68. The zero-order valence-electron chi connectivity index (χ0n) is 11.2. The van der Waals surface area contributed by atoms with Crippen molar-refractivity contribution in [1.29, 1.82) is 0 Å². The monoisotopic (exact) mass is 295 g/mol. The van der Waals surface area contributed by atoms with E-state index in [1.807, 2.05) is 0 Å². The van der Waals surface area contributed by atoms with Gasteiger partial charge in [-0.3, -0.25) is 14.9 Å². The topological polar surface area (TPSA) is 94.4 Å². The van der Waals surface area contributed by atoms with Gasteiger partial charge in [-0.05, 0) is 0 Å². The summed E-state index contributed by atoms with van der Waals surface area (Å²) < 4.78 is 5.70. The summed E-state index contributed by atoms with van der Waals surface area (Å²) in [6, 6.07) is 2.73. The number of nitro benzene ring substituents is 1. The minimum atomic E-state index is -0.492. The van der Waals surface area contributed by atoms with Crippen LogP contribution in [0.5, 0.6) is 5.75 Å². The standard InChI is InChI=1S/C12H13N3O4S/c1-6(2)11(16)14-12-13-10-8(19-3)4-7(15(17)18)5-9(10)20-12/h4-6H,1-3H3,(H,13,14,16). The second-order valence-electron chi connectivity index (χ2n) is 4.41. The van der Waals surface area contributed by atoms with Gasteiger partial charge in [-0.1, -0.05) is 25.2 Å². The van der Waals surface area contributed by atoms with E-state index in [-0.39, 0.29) is 17.5 Å². The van der Waals surface area contributed by atoms with Crippen LogP contribution < -0.4 is 10.1 Å². The summed E-state index contributed by atoms with van der Waals surface area (Å²) in [5.41, 5.74) is 0.432. The van der Waals surface area contributed by atoms with Crippen LogP contribution >= 0.6 is 11.3 Å². The van der Waals surface area contributed by atoms with Crippen LogP contribution in [0.4, 0.5) is 10.8 Å². The van der Waals surface area contributed by atoms with E-state index in [0.717, 1.165) is 0 Å². The summed E-state index contributed by atoms with van der Waals surface area (Å²) in [6.45, 7) is 3.54. The first-order valence-electron chi connectivity index (χ1n) is 5.86. The SMILES string of the molecule is COc1cc([N+](=O)[O-])cc2sc(NC(=O)C(C)C)nc12. The van der Waals surface area contributed by atoms with Gasteiger partial charge in [0.25, 0.3) is 5.69 Å². The number of anilines is 1. The zero-order chi connectivity index (χ0) is 14.9. The number of carbonyl (C=O) groups is 1. The molecule has 1 N–H and O–H groups in total. The van der Waals surface area contributed by atoms with E-state index in [9.17, 15) is 14.9 Å². The molecule has 0 radical (unpaired) electrons. The fourth-order valence-electron chi connectivity index (χ4n) is 1.55. The van der Waals surface area contributed by atoms with Crippen molar-refractivity contribution >= 4 is 38.3 Å². The number of nitrogens with one attached hydrogen (secondary N) is 1. The molecular formula is C12H13N3O4S. The minimum Gasteiger partial charge on any atom is -0.494 e. The lowest BCUT2D eigenvalue weighted by atomic mass is 10.2. The summed E-state index contributed by atoms with van der Waals surface area (Å²) >= 11 is 1.18. The van der Waals surface area contributed by atoms with Gasteiger partial charge in [-0.2, -0.15) is 0 Å². The molecular weight excluding hydrogens is 282 g/mol. The third-order valence-corrected chi connectivity index (χ3v) is 3.55. The van der Waals surface area contributed by atoms with Gasteiger partial charge in [0.05, 0.1) is 22.8 Å². The molecule has 1 aromatic heterocycles. The van der Waals surface area contributed by atoms with Crippen molar-refractivity contribution in [3.05, 3.63) is 22.2 Å². The van der Waals surface area contributed by atoms with Crippen LogP contribution in [0.2, 0.25) is 0 Å². The molecule has 2 aromatic rings. The van der Waals surface area contributed by atoms with Crippen LogP contribution in [-0.2, 0) is 4.79 Å². The average Bonchev–Trinajstić information content (AvgIpc) is 2.79. The molecule has 0 aliphatic heterocycles. The second-order valence-corrected chi connectivity index (χ2v) is 5.45. The number of thiazole rings is 1. The van der Waals surface area contributed by atoms with Gasteiger partial charge in [0, 0.05) is 12.0 Å². The number of fused-ring (bicyclic) bond motifs is 1. The largest absolute Gasteiger partial charge is 0.494 e. The van der Waals surface area contributed by atoms with Gasteiger partial charge in [0.15, 0.2) is 10.9 Å². The van der Waals surface area contributed by atoms with E-state index < -0.39 is 4.92 Å². The molecule has 7 nitrogen and oxygen atoms in total. The highest BCUT2D eigenvalue weighted by Crippen LogP contribution is 2.36. The zero-order valence-corrected chi connectivity index (χ0v) is 12.0. The molecule has 0 bridgehead atoms. The number of non-ortho nitro benzene ring substituents is 1. The predicted octanol–water partition coefficient (Wildman–Crippen LogP) is 2.81. The first-order chi connectivity index (χ1) is 9.42. The van der Waals surface area contributed by atoms with E-state index in [0.29, 0.717) is 21.1 Å². The number of ether oxygens (including phenoxy) is 1. The van der Waals surface area contributed by atoms with E-state index in [4.69, 9.17) is 4.74 Å². The van der Waals surface area contributed by atoms with Gasteiger partial charge in [0.2, 0.25) is 5.91 Å². The van der Waals surface area contributed by atoms with Gasteiger partial charge in [0.1, 0.15) is 5.52 Å². The highest BCUT2D eigenvalue weighted by Gasteiger charge is 2.17. The molecule has 1 heterocycles. The second kappa shape index (κ2) is 5.41. The highest BCUT2D eigenvalue weighted by molar-refractivity contribution is 7.22. The predicted molar refractivity (Wildman–Crippen MR) is 76.3 cm³/mol. The Morgan fingerprint density at radius 2 is 2.20 bits per heavy atom. The van der Waals surface area contributed by atoms with Gasteiger partial charge < -0.3 is 10.1 Å². The maximum Gasteiger partial charge on any atom is 0.274 e. The molecule has 0 fully saturated rings. The Hall–Kier alpha value is -2.22. The lowest BCUT2D eigenvalue weighted by Gasteiger charge is -2.03. The normalized spacial score (nSPS) is 10.8. The van der Waals surface area contributed by atoms with E-state index in [1.54, 1.807) is 13.8 Å². The Labute approximate surface area is 118 Å². The number of hydrogen-bond donors (Lipinski definition) is 1. The Kier molecular flexibility index (Phi) is 3.84.